The third kappa shape index (κ3) is 4.21. The first-order chi connectivity index (χ1) is 12.8. The number of ether oxygens (including phenoxy) is 1. The average molecular weight is 436 g/mol. The van der Waals surface area contributed by atoms with Crippen LogP contribution >= 0.6 is 35.0 Å². The third-order valence-corrected chi connectivity index (χ3v) is 5.91. The molecule has 1 aliphatic heterocycles. The van der Waals surface area contributed by atoms with Crippen molar-refractivity contribution in [2.45, 2.75) is 34.7 Å². The number of benzene rings is 1. The van der Waals surface area contributed by atoms with Crippen LogP contribution in [0.2, 0.25) is 10.0 Å². The summed E-state index contributed by atoms with van der Waals surface area (Å²) in [4.78, 5) is 11.7. The summed E-state index contributed by atoms with van der Waals surface area (Å²) in [5.74, 6) is -1.29. The van der Waals surface area contributed by atoms with Crippen molar-refractivity contribution in [2.24, 2.45) is 0 Å². The molecule has 2 heterocycles. The van der Waals surface area contributed by atoms with Crippen LogP contribution in [-0.2, 0) is 4.74 Å². The van der Waals surface area contributed by atoms with E-state index in [0.717, 1.165) is 22.6 Å². The smallest absolute Gasteiger partial charge is 0.358 e. The Hall–Kier alpha value is -1.40. The highest BCUT2D eigenvalue weighted by molar-refractivity contribution is 7.99. The van der Waals surface area contributed by atoms with E-state index in [1.54, 1.807) is 18.2 Å². The van der Waals surface area contributed by atoms with Gasteiger partial charge in [0.25, 0.3) is 0 Å². The van der Waals surface area contributed by atoms with Crippen molar-refractivity contribution in [3.63, 3.8) is 0 Å². The molecule has 3 rings (SSSR count). The lowest BCUT2D eigenvalue weighted by Gasteiger charge is -2.41. The van der Waals surface area contributed by atoms with E-state index in [1.165, 1.54) is 0 Å². The van der Waals surface area contributed by atoms with Crippen LogP contribution in [0.25, 0.3) is 0 Å². The molecule has 1 aromatic carbocycles. The highest BCUT2D eigenvalue weighted by Crippen LogP contribution is 2.39. The van der Waals surface area contributed by atoms with Crippen LogP contribution in [0.1, 0.15) is 16.5 Å². The second kappa shape index (κ2) is 8.31. The molecule has 0 aliphatic carbocycles. The monoisotopic (exact) mass is 435 g/mol. The fourth-order valence-electron chi connectivity index (χ4n) is 2.68. The van der Waals surface area contributed by atoms with Gasteiger partial charge in [0.2, 0.25) is 0 Å². The van der Waals surface area contributed by atoms with Crippen LogP contribution in [0.4, 0.5) is 0 Å². The van der Waals surface area contributed by atoms with E-state index in [2.05, 4.69) is 10.3 Å². The Kier molecular flexibility index (Phi) is 6.26. The lowest BCUT2D eigenvalue weighted by atomic mass is 9.97. The maximum Gasteiger partial charge on any atom is 0.358 e. The number of aromatic carboxylic acids is 1. The highest BCUT2D eigenvalue weighted by atomic mass is 35.5. The first-order valence-electron chi connectivity index (χ1n) is 7.71. The standard InChI is InChI=1S/C15H15Cl2N3O6S/c16-7-2-1-6(3-8(7)17)27-15-13(23)11(12(22)10(5-21)26-15)20-4-9(14(24)25)18-19-20/h1-4,10-13,15,21-23H,5H2,(H,24,25)/t10?,11?,12-,13-,15+/m0/s1. The molecular weight excluding hydrogens is 421 g/mol. The number of aromatic nitrogens is 3. The molecule has 0 radical (unpaired) electrons. The largest absolute Gasteiger partial charge is 0.476 e. The van der Waals surface area contributed by atoms with Crippen molar-refractivity contribution in [1.29, 1.82) is 0 Å². The highest BCUT2D eigenvalue weighted by Gasteiger charge is 2.46. The van der Waals surface area contributed by atoms with Gasteiger partial charge in [-0.25, -0.2) is 9.48 Å². The fraction of sp³-hybridized carbons (Fsp3) is 0.400. The maximum absolute atomic E-state index is 11.0. The van der Waals surface area contributed by atoms with Gasteiger partial charge in [0, 0.05) is 4.90 Å². The third-order valence-electron chi connectivity index (χ3n) is 4.03. The summed E-state index contributed by atoms with van der Waals surface area (Å²) in [5.41, 5.74) is -1.24. The number of aliphatic hydroxyl groups is 3. The van der Waals surface area contributed by atoms with Crippen LogP contribution in [0.5, 0.6) is 0 Å². The topological polar surface area (TPSA) is 138 Å². The molecule has 12 heteroatoms. The molecule has 146 valence electrons. The van der Waals surface area contributed by atoms with Gasteiger partial charge in [-0.1, -0.05) is 40.2 Å². The molecule has 9 nitrogen and oxygen atoms in total. The number of thioether (sulfide) groups is 1. The Labute approximate surface area is 167 Å². The summed E-state index contributed by atoms with van der Waals surface area (Å²) in [5, 5.41) is 47.5. The summed E-state index contributed by atoms with van der Waals surface area (Å²) in [6.07, 6.45) is -2.54. The molecule has 2 unspecified atom stereocenters. The summed E-state index contributed by atoms with van der Waals surface area (Å²) < 4.78 is 6.66. The van der Waals surface area contributed by atoms with Crippen LogP contribution in [-0.4, -0.2) is 71.7 Å². The van der Waals surface area contributed by atoms with Crippen LogP contribution in [0.15, 0.2) is 29.3 Å². The molecule has 1 aliphatic rings. The van der Waals surface area contributed by atoms with Gasteiger partial charge < -0.3 is 25.2 Å². The van der Waals surface area contributed by atoms with Gasteiger partial charge in [-0.2, -0.15) is 0 Å². The van der Waals surface area contributed by atoms with E-state index in [9.17, 15) is 20.1 Å². The molecule has 0 amide bonds. The van der Waals surface area contributed by atoms with Gasteiger partial charge in [0.15, 0.2) is 5.69 Å². The zero-order chi connectivity index (χ0) is 19.7. The quantitative estimate of drug-likeness (QED) is 0.542. The van der Waals surface area contributed by atoms with Crippen molar-refractivity contribution < 1.29 is 30.0 Å². The Balaban J connectivity index is 1.88. The minimum atomic E-state index is -1.33. The molecule has 27 heavy (non-hydrogen) atoms. The van der Waals surface area contributed by atoms with E-state index in [0.29, 0.717) is 14.9 Å². The number of carboxylic acid groups (broad SMARTS) is 1. The van der Waals surface area contributed by atoms with Gasteiger partial charge in [-0.15, -0.1) is 5.10 Å². The zero-order valence-electron chi connectivity index (χ0n) is 13.5. The Bertz CT molecular complexity index is 838. The summed E-state index contributed by atoms with van der Waals surface area (Å²) in [6, 6.07) is 3.79. The van der Waals surface area contributed by atoms with Gasteiger partial charge in [0.05, 0.1) is 22.8 Å². The molecule has 0 bridgehead atoms. The Morgan fingerprint density at radius 2 is 2.00 bits per heavy atom. The van der Waals surface area contributed by atoms with E-state index in [1.807, 2.05) is 0 Å². The number of hydrogen-bond donors (Lipinski definition) is 4. The van der Waals surface area contributed by atoms with Crippen molar-refractivity contribution >= 4 is 40.9 Å². The number of halogens is 2. The second-order valence-electron chi connectivity index (χ2n) is 5.78. The number of rotatable bonds is 5. The van der Waals surface area contributed by atoms with Gasteiger partial charge in [-0.05, 0) is 18.2 Å². The van der Waals surface area contributed by atoms with Crippen molar-refractivity contribution in [1.82, 2.24) is 15.0 Å². The molecule has 1 saturated heterocycles. The van der Waals surface area contributed by atoms with Crippen molar-refractivity contribution in [3.05, 3.63) is 40.1 Å². The Morgan fingerprint density at radius 1 is 1.26 bits per heavy atom. The number of carboxylic acids is 1. The zero-order valence-corrected chi connectivity index (χ0v) is 15.8. The van der Waals surface area contributed by atoms with Gasteiger partial charge in [-0.3, -0.25) is 0 Å². The lowest BCUT2D eigenvalue weighted by Crippen LogP contribution is -2.55. The molecule has 0 spiro atoms. The number of carbonyl (C=O) groups is 1. The van der Waals surface area contributed by atoms with Gasteiger partial charge in [0.1, 0.15) is 29.8 Å². The minimum absolute atomic E-state index is 0.324. The van der Waals surface area contributed by atoms with Crippen LogP contribution in [0.3, 0.4) is 0 Å². The molecular formula is C15H15Cl2N3O6S. The number of aliphatic hydroxyl groups excluding tert-OH is 3. The maximum atomic E-state index is 11.0. The predicted molar refractivity (Wildman–Crippen MR) is 96.1 cm³/mol. The normalized spacial score (nSPS) is 28.3. The van der Waals surface area contributed by atoms with Crippen LogP contribution < -0.4 is 0 Å². The molecule has 0 saturated carbocycles. The summed E-state index contributed by atoms with van der Waals surface area (Å²) >= 11 is 13.0. The molecule has 1 aromatic heterocycles. The van der Waals surface area contributed by atoms with E-state index < -0.39 is 42.4 Å². The van der Waals surface area contributed by atoms with E-state index in [-0.39, 0.29) is 5.69 Å². The minimum Gasteiger partial charge on any atom is -0.476 e. The first kappa shape index (κ1) is 20.3. The average Bonchev–Trinajstić information content (AvgIpc) is 3.10. The number of nitrogens with zero attached hydrogens (tertiary/aromatic N) is 3. The van der Waals surface area contributed by atoms with E-state index in [4.69, 9.17) is 33.0 Å². The first-order valence-corrected chi connectivity index (χ1v) is 9.34. The number of hydrogen-bond acceptors (Lipinski definition) is 8. The van der Waals surface area contributed by atoms with Crippen molar-refractivity contribution in [2.75, 3.05) is 6.61 Å². The van der Waals surface area contributed by atoms with Gasteiger partial charge >= 0.3 is 5.97 Å². The summed E-state index contributed by atoms with van der Waals surface area (Å²) in [6.45, 7) is -0.511. The van der Waals surface area contributed by atoms with E-state index >= 15 is 0 Å². The lowest BCUT2D eigenvalue weighted by molar-refractivity contribution is -0.178. The Morgan fingerprint density at radius 3 is 2.59 bits per heavy atom. The fourth-order valence-corrected chi connectivity index (χ4v) is 4.14. The predicted octanol–water partition coefficient (Wildman–Crippen LogP) is 1.06. The molecule has 1 fully saturated rings. The van der Waals surface area contributed by atoms with Crippen LogP contribution in [0, 0.1) is 0 Å². The molecule has 4 N–H and O–H groups in total. The second-order valence-corrected chi connectivity index (χ2v) is 7.77. The molecule has 5 atom stereocenters. The van der Waals surface area contributed by atoms with Crippen molar-refractivity contribution in [3.8, 4) is 0 Å². The summed E-state index contributed by atoms with van der Waals surface area (Å²) in [7, 11) is 0. The molecule has 2 aromatic rings. The SMILES string of the molecule is O=C(O)c1cn(C2[C@@H](O)C(CO)O[C@H](Sc3ccc(Cl)c(Cl)c3)[C@H]2O)nn1.